The van der Waals surface area contributed by atoms with Crippen LogP contribution < -0.4 is 4.74 Å². The van der Waals surface area contributed by atoms with Crippen LogP contribution >= 0.6 is 0 Å². The van der Waals surface area contributed by atoms with Gasteiger partial charge in [0, 0.05) is 13.1 Å². The zero-order valence-corrected chi connectivity index (χ0v) is 8.44. The van der Waals surface area contributed by atoms with E-state index in [1.807, 2.05) is 18.2 Å². The average molecular weight is 203 g/mol. The third kappa shape index (κ3) is 2.30. The van der Waals surface area contributed by atoms with Crippen LogP contribution in [0.25, 0.3) is 0 Å². The van der Waals surface area contributed by atoms with Gasteiger partial charge in [0.15, 0.2) is 0 Å². The molecule has 1 N–H and O–H groups in total. The van der Waals surface area contributed by atoms with Crippen molar-refractivity contribution in [1.29, 1.82) is 0 Å². The Balaban J connectivity index is 2.16. The summed E-state index contributed by atoms with van der Waals surface area (Å²) in [5.41, 5.74) is 2.38. The Morgan fingerprint density at radius 1 is 1.47 bits per heavy atom. The van der Waals surface area contributed by atoms with Gasteiger partial charge in [0.1, 0.15) is 12.4 Å². The minimum atomic E-state index is 0.297. The molecule has 2 rings (SSSR count). The number of terminal acetylenes is 1. The number of hydroxylamine groups is 2. The van der Waals surface area contributed by atoms with Gasteiger partial charge in [-0.3, -0.25) is 0 Å². The van der Waals surface area contributed by atoms with Crippen molar-refractivity contribution in [3.63, 3.8) is 0 Å². The normalized spacial score (nSPS) is 15.5. The molecule has 0 radical (unpaired) electrons. The van der Waals surface area contributed by atoms with Gasteiger partial charge < -0.3 is 9.94 Å². The van der Waals surface area contributed by atoms with Crippen molar-refractivity contribution in [2.45, 2.75) is 13.0 Å². The first kappa shape index (κ1) is 10.0. The van der Waals surface area contributed by atoms with E-state index in [9.17, 15) is 5.21 Å². The van der Waals surface area contributed by atoms with Crippen LogP contribution in [0.2, 0.25) is 0 Å². The van der Waals surface area contributed by atoms with Gasteiger partial charge in [0.25, 0.3) is 0 Å². The first-order valence-electron chi connectivity index (χ1n) is 4.91. The molecule has 0 amide bonds. The summed E-state index contributed by atoms with van der Waals surface area (Å²) in [7, 11) is 0. The summed E-state index contributed by atoms with van der Waals surface area (Å²) in [6.45, 7) is 1.56. The first-order valence-corrected chi connectivity index (χ1v) is 4.91. The van der Waals surface area contributed by atoms with Crippen LogP contribution in [0.5, 0.6) is 5.75 Å². The lowest BCUT2D eigenvalue weighted by molar-refractivity contribution is -0.103. The van der Waals surface area contributed by atoms with Crippen molar-refractivity contribution in [2.75, 3.05) is 13.2 Å². The molecular formula is C12H13NO2. The molecular weight excluding hydrogens is 190 g/mol. The van der Waals surface area contributed by atoms with Crippen molar-refractivity contribution in [3.05, 3.63) is 29.3 Å². The maximum absolute atomic E-state index is 9.34. The third-order valence-electron chi connectivity index (χ3n) is 2.49. The van der Waals surface area contributed by atoms with E-state index >= 15 is 0 Å². The van der Waals surface area contributed by atoms with E-state index in [1.165, 1.54) is 10.6 Å². The SMILES string of the molecule is C#CCOc1ccc2c(c1)CCN(O)C2. The first-order chi connectivity index (χ1) is 7.29. The summed E-state index contributed by atoms with van der Waals surface area (Å²) in [5.74, 6) is 3.24. The fraction of sp³-hybridized carbons (Fsp3) is 0.333. The van der Waals surface area contributed by atoms with Gasteiger partial charge in [-0.25, -0.2) is 0 Å². The molecule has 78 valence electrons. The molecule has 1 aromatic carbocycles. The Bertz CT molecular complexity index is 395. The summed E-state index contributed by atoms with van der Waals surface area (Å²) in [5, 5.41) is 10.7. The molecule has 0 bridgehead atoms. The van der Waals surface area contributed by atoms with Crippen molar-refractivity contribution >= 4 is 0 Å². The smallest absolute Gasteiger partial charge is 0.148 e. The highest BCUT2D eigenvalue weighted by molar-refractivity contribution is 5.37. The fourth-order valence-corrected chi connectivity index (χ4v) is 1.73. The largest absolute Gasteiger partial charge is 0.481 e. The van der Waals surface area contributed by atoms with Crippen LogP contribution in [-0.2, 0) is 13.0 Å². The highest BCUT2D eigenvalue weighted by atomic mass is 16.5. The summed E-state index contributed by atoms with van der Waals surface area (Å²) in [4.78, 5) is 0. The molecule has 3 heteroatoms. The lowest BCUT2D eigenvalue weighted by Crippen LogP contribution is -2.27. The molecule has 1 heterocycles. The topological polar surface area (TPSA) is 32.7 Å². The van der Waals surface area contributed by atoms with E-state index in [-0.39, 0.29) is 0 Å². The lowest BCUT2D eigenvalue weighted by atomic mass is 10.0. The van der Waals surface area contributed by atoms with Crippen LogP contribution in [0.15, 0.2) is 18.2 Å². The van der Waals surface area contributed by atoms with Gasteiger partial charge in [-0.1, -0.05) is 12.0 Å². The molecule has 0 aromatic heterocycles. The standard InChI is InChI=1S/C12H13NO2/c1-2-7-15-12-4-3-11-9-13(14)6-5-10(11)8-12/h1,3-4,8,14H,5-7,9H2. The van der Waals surface area contributed by atoms with Gasteiger partial charge in [-0.2, -0.15) is 5.06 Å². The summed E-state index contributed by atoms with van der Waals surface area (Å²) >= 11 is 0. The molecule has 0 fully saturated rings. The van der Waals surface area contributed by atoms with Gasteiger partial charge >= 0.3 is 0 Å². The van der Waals surface area contributed by atoms with Crippen molar-refractivity contribution in [2.24, 2.45) is 0 Å². The van der Waals surface area contributed by atoms with Crippen LogP contribution in [0, 0.1) is 12.3 Å². The molecule has 0 unspecified atom stereocenters. The van der Waals surface area contributed by atoms with Crippen molar-refractivity contribution in [3.8, 4) is 18.1 Å². The van der Waals surface area contributed by atoms with E-state index in [4.69, 9.17) is 11.2 Å². The number of hydrogen-bond acceptors (Lipinski definition) is 3. The monoisotopic (exact) mass is 203 g/mol. The fourth-order valence-electron chi connectivity index (χ4n) is 1.73. The highest BCUT2D eigenvalue weighted by Gasteiger charge is 2.14. The van der Waals surface area contributed by atoms with Crippen LogP contribution in [0.1, 0.15) is 11.1 Å². The Morgan fingerprint density at radius 3 is 3.13 bits per heavy atom. The van der Waals surface area contributed by atoms with E-state index in [2.05, 4.69) is 5.92 Å². The van der Waals surface area contributed by atoms with Gasteiger partial charge in [0.2, 0.25) is 0 Å². The third-order valence-corrected chi connectivity index (χ3v) is 2.49. The molecule has 1 aliphatic heterocycles. The molecule has 1 aliphatic rings. The maximum Gasteiger partial charge on any atom is 0.148 e. The van der Waals surface area contributed by atoms with E-state index < -0.39 is 0 Å². The van der Waals surface area contributed by atoms with Crippen molar-refractivity contribution in [1.82, 2.24) is 5.06 Å². The highest BCUT2D eigenvalue weighted by Crippen LogP contribution is 2.22. The second kappa shape index (κ2) is 4.35. The summed E-state index contributed by atoms with van der Waals surface area (Å²) in [6, 6.07) is 5.86. The van der Waals surface area contributed by atoms with Crippen LogP contribution in [0.4, 0.5) is 0 Å². The maximum atomic E-state index is 9.34. The molecule has 0 atom stereocenters. The second-order valence-electron chi connectivity index (χ2n) is 3.56. The Kier molecular flexibility index (Phi) is 2.91. The van der Waals surface area contributed by atoms with E-state index in [1.54, 1.807) is 0 Å². The lowest BCUT2D eigenvalue weighted by Gasteiger charge is -2.23. The number of nitrogens with zero attached hydrogens (tertiary/aromatic N) is 1. The molecule has 0 saturated carbocycles. The summed E-state index contributed by atoms with van der Waals surface area (Å²) in [6.07, 6.45) is 5.96. The number of rotatable bonds is 2. The van der Waals surface area contributed by atoms with E-state index in [0.717, 1.165) is 17.7 Å². The average Bonchev–Trinajstić information content (AvgIpc) is 2.26. The molecule has 1 aromatic rings. The number of benzene rings is 1. The molecule has 0 aliphatic carbocycles. The van der Waals surface area contributed by atoms with Gasteiger partial charge in [-0.15, -0.1) is 6.42 Å². The molecule has 15 heavy (non-hydrogen) atoms. The predicted octanol–water partition coefficient (Wildman–Crippen LogP) is 1.45. The molecule has 0 saturated heterocycles. The molecule has 0 spiro atoms. The quantitative estimate of drug-likeness (QED) is 0.738. The van der Waals surface area contributed by atoms with Gasteiger partial charge in [-0.05, 0) is 29.7 Å². The van der Waals surface area contributed by atoms with Crippen molar-refractivity contribution < 1.29 is 9.94 Å². The number of ether oxygens (including phenoxy) is 1. The Hall–Kier alpha value is -1.50. The van der Waals surface area contributed by atoms with Crippen LogP contribution in [-0.4, -0.2) is 23.4 Å². The Morgan fingerprint density at radius 2 is 2.33 bits per heavy atom. The Labute approximate surface area is 89.2 Å². The minimum absolute atomic E-state index is 0.297. The summed E-state index contributed by atoms with van der Waals surface area (Å²) < 4.78 is 5.34. The zero-order valence-electron chi connectivity index (χ0n) is 8.44. The molecule has 3 nitrogen and oxygen atoms in total. The number of fused-ring (bicyclic) bond motifs is 1. The van der Waals surface area contributed by atoms with Gasteiger partial charge in [0.05, 0.1) is 0 Å². The minimum Gasteiger partial charge on any atom is -0.481 e. The number of hydrogen-bond donors (Lipinski definition) is 1. The second-order valence-corrected chi connectivity index (χ2v) is 3.56. The van der Waals surface area contributed by atoms with E-state index in [0.29, 0.717) is 19.7 Å². The van der Waals surface area contributed by atoms with Crippen LogP contribution in [0.3, 0.4) is 0 Å². The zero-order chi connectivity index (χ0) is 10.7. The predicted molar refractivity (Wildman–Crippen MR) is 56.7 cm³/mol.